The summed E-state index contributed by atoms with van der Waals surface area (Å²) in [6.45, 7) is 13.8. The summed E-state index contributed by atoms with van der Waals surface area (Å²) in [5.74, 6) is 0.219. The first-order valence-electron chi connectivity index (χ1n) is 9.27. The number of amides is 1. The van der Waals surface area contributed by atoms with E-state index in [4.69, 9.17) is 4.74 Å². The van der Waals surface area contributed by atoms with Crippen LogP contribution in [0.4, 0.5) is 0 Å². The van der Waals surface area contributed by atoms with Crippen LogP contribution in [0.5, 0.6) is 0 Å². The minimum atomic E-state index is -0.148. The summed E-state index contributed by atoms with van der Waals surface area (Å²) in [6, 6.07) is 1.93. The van der Waals surface area contributed by atoms with Gasteiger partial charge in [-0.05, 0) is 58.7 Å². The van der Waals surface area contributed by atoms with Crippen LogP contribution in [0.25, 0.3) is 0 Å². The molecule has 1 fully saturated rings. The van der Waals surface area contributed by atoms with Gasteiger partial charge in [0, 0.05) is 24.8 Å². The fourth-order valence-corrected chi connectivity index (χ4v) is 3.45. The predicted octanol–water partition coefficient (Wildman–Crippen LogP) is 2.93. The van der Waals surface area contributed by atoms with E-state index in [2.05, 4.69) is 50.4 Å². The molecule has 2 N–H and O–H groups in total. The highest BCUT2D eigenvalue weighted by molar-refractivity contribution is 5.92. The van der Waals surface area contributed by atoms with Crippen molar-refractivity contribution in [1.82, 2.24) is 20.4 Å². The minimum absolute atomic E-state index is 0. The molecule has 0 unspecified atom stereocenters. The molecule has 0 aliphatic carbocycles. The second-order valence-corrected chi connectivity index (χ2v) is 8.56. The lowest BCUT2D eigenvalue weighted by molar-refractivity contribution is 0.0510. The number of nitrogens with zero attached hydrogens (tertiary/aromatic N) is 2. The van der Waals surface area contributed by atoms with E-state index < -0.39 is 0 Å². The summed E-state index contributed by atoms with van der Waals surface area (Å²) in [5, 5.41) is 11.1. The zero-order chi connectivity index (χ0) is 18.7. The third kappa shape index (κ3) is 5.44. The molecule has 0 atom stereocenters. The number of methoxy groups -OCH3 is 1. The standard InChI is InChI=1S/C19H34N4O2.ClH/c1-14(2)16-11-15(22-23(16)18(3,4)5)17(24)21-12-19(13-25-6)7-9-20-10-8-19;/h11,14,20H,7-10,12-13H2,1-6H3,(H,21,24);1H. The van der Waals surface area contributed by atoms with Gasteiger partial charge in [0.15, 0.2) is 0 Å². The molecule has 1 saturated heterocycles. The van der Waals surface area contributed by atoms with E-state index in [0.717, 1.165) is 31.6 Å². The second-order valence-electron chi connectivity index (χ2n) is 8.56. The highest BCUT2D eigenvalue weighted by Gasteiger charge is 2.33. The molecule has 1 aromatic rings. The number of ether oxygens (including phenoxy) is 1. The van der Waals surface area contributed by atoms with Crippen LogP contribution in [0.1, 0.15) is 69.6 Å². The highest BCUT2D eigenvalue weighted by Crippen LogP contribution is 2.28. The van der Waals surface area contributed by atoms with Crippen LogP contribution in [0.3, 0.4) is 0 Å². The number of hydrogen-bond acceptors (Lipinski definition) is 4. The molecule has 1 aliphatic heterocycles. The number of rotatable bonds is 6. The molecule has 0 aromatic carbocycles. The first kappa shape index (κ1) is 22.9. The van der Waals surface area contributed by atoms with E-state index in [0.29, 0.717) is 24.8 Å². The fraction of sp³-hybridized carbons (Fsp3) is 0.789. The lowest BCUT2D eigenvalue weighted by atomic mass is 9.79. The van der Waals surface area contributed by atoms with Gasteiger partial charge in [0.1, 0.15) is 5.69 Å². The van der Waals surface area contributed by atoms with E-state index in [1.54, 1.807) is 7.11 Å². The van der Waals surface area contributed by atoms with Crippen LogP contribution in [-0.2, 0) is 10.3 Å². The molecular weight excluding hydrogens is 352 g/mol. The Morgan fingerprint density at radius 3 is 2.46 bits per heavy atom. The van der Waals surface area contributed by atoms with E-state index in [9.17, 15) is 4.79 Å². The summed E-state index contributed by atoms with van der Waals surface area (Å²) in [4.78, 5) is 12.7. The van der Waals surface area contributed by atoms with Gasteiger partial charge in [-0.15, -0.1) is 12.4 Å². The smallest absolute Gasteiger partial charge is 0.271 e. The molecule has 1 amide bonds. The highest BCUT2D eigenvalue weighted by atomic mass is 35.5. The van der Waals surface area contributed by atoms with Crippen molar-refractivity contribution in [3.8, 4) is 0 Å². The third-order valence-electron chi connectivity index (χ3n) is 4.94. The average molecular weight is 387 g/mol. The molecular formula is C19H35ClN4O2. The molecule has 2 heterocycles. The van der Waals surface area contributed by atoms with Gasteiger partial charge in [0.05, 0.1) is 12.1 Å². The number of nitrogens with one attached hydrogen (secondary N) is 2. The van der Waals surface area contributed by atoms with Crippen LogP contribution in [-0.4, -0.2) is 49.0 Å². The number of piperidine rings is 1. The van der Waals surface area contributed by atoms with Crippen LogP contribution in [0, 0.1) is 5.41 Å². The van der Waals surface area contributed by atoms with Gasteiger partial charge in [0.25, 0.3) is 5.91 Å². The van der Waals surface area contributed by atoms with Crippen molar-refractivity contribution in [2.24, 2.45) is 5.41 Å². The van der Waals surface area contributed by atoms with E-state index >= 15 is 0 Å². The van der Waals surface area contributed by atoms with Gasteiger partial charge in [-0.2, -0.15) is 5.10 Å². The minimum Gasteiger partial charge on any atom is -0.384 e. The van der Waals surface area contributed by atoms with Crippen molar-refractivity contribution >= 4 is 18.3 Å². The molecule has 0 spiro atoms. The molecule has 0 saturated carbocycles. The Kier molecular flexibility index (Phi) is 8.11. The maximum atomic E-state index is 12.7. The first-order valence-corrected chi connectivity index (χ1v) is 9.27. The molecule has 1 aromatic heterocycles. The zero-order valence-electron chi connectivity index (χ0n) is 17.0. The zero-order valence-corrected chi connectivity index (χ0v) is 17.8. The number of carbonyl (C=O) groups is 1. The molecule has 0 bridgehead atoms. The van der Waals surface area contributed by atoms with Crippen molar-refractivity contribution in [2.45, 2.75) is 58.9 Å². The Labute approximate surface area is 163 Å². The van der Waals surface area contributed by atoms with Gasteiger partial charge in [-0.1, -0.05) is 13.8 Å². The molecule has 1 aliphatic rings. The number of halogens is 1. The average Bonchev–Trinajstić information content (AvgIpc) is 3.00. The molecule has 0 radical (unpaired) electrons. The van der Waals surface area contributed by atoms with Crippen molar-refractivity contribution < 1.29 is 9.53 Å². The molecule has 6 nitrogen and oxygen atoms in total. The van der Waals surface area contributed by atoms with Gasteiger partial charge in [0.2, 0.25) is 0 Å². The van der Waals surface area contributed by atoms with Crippen LogP contribution in [0.15, 0.2) is 6.07 Å². The summed E-state index contributed by atoms with van der Waals surface area (Å²) in [5.41, 5.74) is 1.46. The Morgan fingerprint density at radius 2 is 2.00 bits per heavy atom. The maximum absolute atomic E-state index is 12.7. The second kappa shape index (κ2) is 9.20. The van der Waals surface area contributed by atoms with E-state index in [1.165, 1.54) is 0 Å². The normalized spacial score (nSPS) is 17.0. The van der Waals surface area contributed by atoms with Crippen molar-refractivity contribution in [1.29, 1.82) is 0 Å². The molecule has 7 heteroatoms. The van der Waals surface area contributed by atoms with Crippen molar-refractivity contribution in [3.05, 3.63) is 17.5 Å². The van der Waals surface area contributed by atoms with Gasteiger partial charge >= 0.3 is 0 Å². The summed E-state index contributed by atoms with van der Waals surface area (Å²) < 4.78 is 7.40. The van der Waals surface area contributed by atoms with Crippen molar-refractivity contribution in [3.63, 3.8) is 0 Å². The molecule has 26 heavy (non-hydrogen) atoms. The Hall–Kier alpha value is -1.11. The lowest BCUT2D eigenvalue weighted by Crippen LogP contribution is -2.47. The fourth-order valence-electron chi connectivity index (χ4n) is 3.45. The van der Waals surface area contributed by atoms with Crippen LogP contribution < -0.4 is 10.6 Å². The summed E-state index contributed by atoms with van der Waals surface area (Å²) in [7, 11) is 1.73. The predicted molar refractivity (Wildman–Crippen MR) is 107 cm³/mol. The van der Waals surface area contributed by atoms with E-state index in [1.807, 2.05) is 10.7 Å². The van der Waals surface area contributed by atoms with E-state index in [-0.39, 0.29) is 29.3 Å². The summed E-state index contributed by atoms with van der Waals surface area (Å²) in [6.07, 6.45) is 2.02. The Bertz CT molecular complexity index is 581. The van der Waals surface area contributed by atoms with Crippen LogP contribution >= 0.6 is 12.4 Å². The first-order chi connectivity index (χ1) is 11.7. The monoisotopic (exact) mass is 386 g/mol. The number of carbonyl (C=O) groups excluding carboxylic acids is 1. The largest absolute Gasteiger partial charge is 0.384 e. The maximum Gasteiger partial charge on any atom is 0.271 e. The van der Waals surface area contributed by atoms with Crippen molar-refractivity contribution in [2.75, 3.05) is 33.4 Å². The Balaban J connectivity index is 0.00000338. The lowest BCUT2D eigenvalue weighted by Gasteiger charge is -2.37. The third-order valence-corrected chi connectivity index (χ3v) is 4.94. The molecule has 2 rings (SSSR count). The molecule has 150 valence electrons. The Morgan fingerprint density at radius 1 is 1.38 bits per heavy atom. The van der Waals surface area contributed by atoms with Gasteiger partial charge in [-0.3, -0.25) is 9.48 Å². The van der Waals surface area contributed by atoms with Crippen LogP contribution in [0.2, 0.25) is 0 Å². The number of hydrogen-bond donors (Lipinski definition) is 2. The topological polar surface area (TPSA) is 68.2 Å². The summed E-state index contributed by atoms with van der Waals surface area (Å²) >= 11 is 0. The van der Waals surface area contributed by atoms with Gasteiger partial charge < -0.3 is 15.4 Å². The quantitative estimate of drug-likeness (QED) is 0.788. The number of aromatic nitrogens is 2. The SMILES string of the molecule is COCC1(CNC(=O)c2cc(C(C)C)n(C(C)(C)C)n2)CCNCC1.Cl. The van der Waals surface area contributed by atoms with Gasteiger partial charge in [-0.25, -0.2) is 0 Å².